The van der Waals surface area contributed by atoms with E-state index in [0.29, 0.717) is 0 Å². The normalized spacial score (nSPS) is 12.9. The molecule has 2 nitrogen and oxygen atoms in total. The fraction of sp³-hybridized carbons (Fsp3) is 0.0189. The lowest BCUT2D eigenvalue weighted by atomic mass is 9.67. The second-order valence-electron chi connectivity index (χ2n) is 14.6. The van der Waals surface area contributed by atoms with Crippen LogP contribution in [0.15, 0.2) is 212 Å². The molecule has 1 heterocycles. The van der Waals surface area contributed by atoms with Crippen molar-refractivity contribution in [1.29, 1.82) is 0 Å². The van der Waals surface area contributed by atoms with Crippen molar-refractivity contribution in [3.63, 3.8) is 0 Å². The number of benzene rings is 9. The fourth-order valence-corrected chi connectivity index (χ4v) is 9.24. The molecular formula is C53H36N2. The standard InChI is InChI=1S/C53H36N2/c1-4-15-39(16-5-1)53(40-17-6-2-7-18-40)49-23-13-12-22-45(49)46-33-30-42(35-50(46)53)54-41-28-24-36(25-29-41)38-27-31-47-48-32-26-37-14-10-11-21-44(37)52(48)55(51(47)34-38)43-19-8-3-9-20-43/h1-35,54H. The maximum Gasteiger partial charge on any atom is 0.0714 e. The Bertz CT molecular complexity index is 2990. The zero-order chi connectivity index (χ0) is 36.3. The Kier molecular flexibility index (Phi) is 7.11. The summed E-state index contributed by atoms with van der Waals surface area (Å²) in [5, 5.41) is 8.80. The predicted molar refractivity (Wildman–Crippen MR) is 231 cm³/mol. The minimum Gasteiger partial charge on any atom is -0.356 e. The molecule has 258 valence electrons. The number of rotatable bonds is 6. The van der Waals surface area contributed by atoms with Gasteiger partial charge in [0.25, 0.3) is 0 Å². The molecule has 11 rings (SSSR count). The van der Waals surface area contributed by atoms with Crippen molar-refractivity contribution in [2.75, 3.05) is 5.32 Å². The maximum atomic E-state index is 3.77. The number of para-hydroxylation sites is 1. The highest BCUT2D eigenvalue weighted by Gasteiger charge is 2.46. The summed E-state index contributed by atoms with van der Waals surface area (Å²) in [4.78, 5) is 0. The molecule has 1 aliphatic carbocycles. The van der Waals surface area contributed by atoms with Gasteiger partial charge in [0.05, 0.1) is 16.4 Å². The van der Waals surface area contributed by atoms with Gasteiger partial charge in [-0.15, -0.1) is 0 Å². The number of aromatic nitrogens is 1. The van der Waals surface area contributed by atoms with E-state index in [1.165, 1.54) is 77.1 Å². The summed E-state index contributed by atoms with van der Waals surface area (Å²) < 4.78 is 2.43. The first-order valence-electron chi connectivity index (χ1n) is 19.0. The molecule has 10 aromatic rings. The smallest absolute Gasteiger partial charge is 0.0714 e. The molecule has 0 saturated carbocycles. The summed E-state index contributed by atoms with van der Waals surface area (Å²) >= 11 is 0. The number of anilines is 2. The van der Waals surface area contributed by atoms with Gasteiger partial charge in [0.15, 0.2) is 0 Å². The van der Waals surface area contributed by atoms with Gasteiger partial charge in [0.1, 0.15) is 0 Å². The number of hydrogen-bond acceptors (Lipinski definition) is 1. The lowest BCUT2D eigenvalue weighted by molar-refractivity contribution is 0.769. The first-order chi connectivity index (χ1) is 27.3. The van der Waals surface area contributed by atoms with Gasteiger partial charge in [0, 0.05) is 33.2 Å². The first-order valence-corrected chi connectivity index (χ1v) is 19.0. The van der Waals surface area contributed by atoms with E-state index in [9.17, 15) is 0 Å². The second-order valence-corrected chi connectivity index (χ2v) is 14.6. The van der Waals surface area contributed by atoms with Gasteiger partial charge in [-0.05, 0) is 92.4 Å². The third-order valence-corrected chi connectivity index (χ3v) is 11.6. The zero-order valence-electron chi connectivity index (χ0n) is 30.2. The van der Waals surface area contributed by atoms with E-state index in [0.717, 1.165) is 17.1 Å². The molecule has 0 saturated heterocycles. The van der Waals surface area contributed by atoms with Crippen molar-refractivity contribution >= 4 is 44.0 Å². The molecule has 0 aliphatic heterocycles. The van der Waals surface area contributed by atoms with Crippen molar-refractivity contribution in [3.05, 3.63) is 235 Å². The monoisotopic (exact) mass is 700 g/mol. The lowest BCUT2D eigenvalue weighted by Gasteiger charge is -2.34. The molecule has 9 aromatic carbocycles. The van der Waals surface area contributed by atoms with E-state index in [1.807, 2.05) is 0 Å². The van der Waals surface area contributed by atoms with Crippen LogP contribution in [0.25, 0.3) is 60.5 Å². The Hall–Kier alpha value is -7.16. The molecule has 1 aromatic heterocycles. The number of hydrogen-bond donors (Lipinski definition) is 1. The molecule has 2 heteroatoms. The first kappa shape index (κ1) is 31.4. The molecule has 0 spiro atoms. The Morgan fingerprint density at radius 2 is 0.982 bits per heavy atom. The van der Waals surface area contributed by atoms with E-state index in [1.54, 1.807) is 0 Å². The van der Waals surface area contributed by atoms with Crippen molar-refractivity contribution in [2.45, 2.75) is 5.41 Å². The van der Waals surface area contributed by atoms with E-state index in [-0.39, 0.29) is 0 Å². The van der Waals surface area contributed by atoms with Crippen molar-refractivity contribution in [1.82, 2.24) is 4.57 Å². The minimum atomic E-state index is -0.427. The van der Waals surface area contributed by atoms with Gasteiger partial charge >= 0.3 is 0 Å². The Labute approximate surface area is 320 Å². The maximum absolute atomic E-state index is 3.77. The molecule has 1 N–H and O–H groups in total. The van der Waals surface area contributed by atoms with Gasteiger partial charge in [-0.1, -0.05) is 170 Å². The van der Waals surface area contributed by atoms with Crippen LogP contribution in [-0.2, 0) is 5.41 Å². The highest BCUT2D eigenvalue weighted by molar-refractivity contribution is 6.19. The SMILES string of the molecule is c1ccc(-n2c3cc(-c4ccc(Nc5ccc6c(c5)C(c5ccccc5)(c5ccccc5)c5ccccc5-6)cc4)ccc3c3ccc4ccccc4c32)cc1. The van der Waals surface area contributed by atoms with Crippen LogP contribution >= 0.6 is 0 Å². The lowest BCUT2D eigenvalue weighted by Crippen LogP contribution is -2.28. The topological polar surface area (TPSA) is 17.0 Å². The Morgan fingerprint density at radius 3 is 1.75 bits per heavy atom. The van der Waals surface area contributed by atoms with Crippen molar-refractivity contribution < 1.29 is 0 Å². The summed E-state index contributed by atoms with van der Waals surface area (Å²) in [5.41, 5.74) is 15.4. The highest BCUT2D eigenvalue weighted by atomic mass is 15.0. The zero-order valence-corrected chi connectivity index (χ0v) is 30.2. The van der Waals surface area contributed by atoms with Crippen LogP contribution in [0, 0.1) is 0 Å². The van der Waals surface area contributed by atoms with Crippen molar-refractivity contribution in [3.8, 4) is 27.9 Å². The van der Waals surface area contributed by atoms with Crippen LogP contribution in [0.1, 0.15) is 22.3 Å². The molecule has 1 aliphatic rings. The third kappa shape index (κ3) is 4.82. The average molecular weight is 701 g/mol. The molecule has 0 amide bonds. The van der Waals surface area contributed by atoms with Gasteiger partial charge in [-0.3, -0.25) is 0 Å². The Balaban J connectivity index is 0.990. The van der Waals surface area contributed by atoms with Crippen LogP contribution in [0.3, 0.4) is 0 Å². The van der Waals surface area contributed by atoms with E-state index in [2.05, 4.69) is 222 Å². The van der Waals surface area contributed by atoms with E-state index >= 15 is 0 Å². The Morgan fingerprint density at radius 1 is 0.382 bits per heavy atom. The summed E-state index contributed by atoms with van der Waals surface area (Å²) in [6, 6.07) is 77.5. The molecule has 0 bridgehead atoms. The van der Waals surface area contributed by atoms with Gasteiger partial charge in [-0.2, -0.15) is 0 Å². The van der Waals surface area contributed by atoms with Gasteiger partial charge in [0.2, 0.25) is 0 Å². The summed E-state index contributed by atoms with van der Waals surface area (Å²) in [7, 11) is 0. The average Bonchev–Trinajstić information content (AvgIpc) is 3.75. The molecule has 0 radical (unpaired) electrons. The third-order valence-electron chi connectivity index (χ3n) is 11.6. The summed E-state index contributed by atoms with van der Waals surface area (Å²) in [6.45, 7) is 0. The number of nitrogens with one attached hydrogen (secondary N) is 1. The van der Waals surface area contributed by atoms with E-state index in [4.69, 9.17) is 0 Å². The largest absolute Gasteiger partial charge is 0.356 e. The van der Waals surface area contributed by atoms with Crippen LogP contribution in [0.4, 0.5) is 11.4 Å². The van der Waals surface area contributed by atoms with Crippen LogP contribution in [0.5, 0.6) is 0 Å². The second kappa shape index (κ2) is 12.5. The molecule has 0 unspecified atom stereocenters. The number of nitrogens with zero attached hydrogens (tertiary/aromatic N) is 1. The quantitative estimate of drug-likeness (QED) is 0.183. The van der Waals surface area contributed by atoms with Crippen LogP contribution in [0.2, 0.25) is 0 Å². The minimum absolute atomic E-state index is 0.427. The summed E-state index contributed by atoms with van der Waals surface area (Å²) in [5.74, 6) is 0. The molecule has 0 fully saturated rings. The molecular weight excluding hydrogens is 665 g/mol. The van der Waals surface area contributed by atoms with Crippen molar-refractivity contribution in [2.24, 2.45) is 0 Å². The highest BCUT2D eigenvalue weighted by Crippen LogP contribution is 2.56. The predicted octanol–water partition coefficient (Wildman–Crippen LogP) is 13.7. The van der Waals surface area contributed by atoms with E-state index < -0.39 is 5.41 Å². The number of fused-ring (bicyclic) bond motifs is 8. The van der Waals surface area contributed by atoms with Gasteiger partial charge < -0.3 is 9.88 Å². The summed E-state index contributed by atoms with van der Waals surface area (Å²) in [6.07, 6.45) is 0. The van der Waals surface area contributed by atoms with Gasteiger partial charge in [-0.25, -0.2) is 0 Å². The fourth-order valence-electron chi connectivity index (χ4n) is 9.24. The molecule has 55 heavy (non-hydrogen) atoms. The van der Waals surface area contributed by atoms with Crippen LogP contribution in [-0.4, -0.2) is 4.57 Å². The molecule has 0 atom stereocenters. The van der Waals surface area contributed by atoms with Crippen LogP contribution < -0.4 is 5.32 Å².